The van der Waals surface area contributed by atoms with Gasteiger partial charge in [0, 0.05) is 54.3 Å². The maximum atomic E-state index is 2.81. The van der Waals surface area contributed by atoms with Crippen molar-refractivity contribution in [1.29, 1.82) is 0 Å². The molecule has 2 saturated carbocycles. The van der Waals surface area contributed by atoms with E-state index in [1.165, 1.54) is 240 Å². The predicted molar refractivity (Wildman–Crippen MR) is 450 cm³/mol. The lowest BCUT2D eigenvalue weighted by Crippen LogP contribution is -2.60. The van der Waals surface area contributed by atoms with E-state index in [1.807, 2.05) is 11.8 Å². The van der Waals surface area contributed by atoms with Crippen LogP contribution in [-0.2, 0) is 27.1 Å². The van der Waals surface area contributed by atoms with Crippen molar-refractivity contribution in [3.63, 3.8) is 0 Å². The molecule has 2 nitrogen and oxygen atoms in total. The molecule has 100 heavy (non-hydrogen) atoms. The Morgan fingerprint density at radius 1 is 0.380 bits per heavy atom. The molecule has 0 bridgehead atoms. The molecule has 2 aliphatic carbocycles. The van der Waals surface area contributed by atoms with Gasteiger partial charge in [-0.25, -0.2) is 0 Å². The lowest BCUT2D eigenvalue weighted by molar-refractivity contribution is 0.443. The summed E-state index contributed by atoms with van der Waals surface area (Å²) in [4.78, 5) is 5.44. The van der Waals surface area contributed by atoms with Gasteiger partial charge in [-0.1, -0.05) is 309 Å². The third kappa shape index (κ3) is 12.2. The molecule has 10 aromatic carbocycles. The first kappa shape index (κ1) is 68.3. The van der Waals surface area contributed by atoms with Crippen LogP contribution in [0.15, 0.2) is 180 Å². The van der Waals surface area contributed by atoms with Gasteiger partial charge >= 0.3 is 0 Å². The van der Waals surface area contributed by atoms with Crippen LogP contribution in [0.1, 0.15) is 219 Å². The number of para-hydroxylation sites is 1. The Hall–Kier alpha value is -7.53. The second kappa shape index (κ2) is 25.2. The van der Waals surface area contributed by atoms with Gasteiger partial charge in [0.05, 0.1) is 11.2 Å². The fraction of sp³-hybridized carbons (Fsp3) is 0.348. The van der Waals surface area contributed by atoms with E-state index in [9.17, 15) is 0 Å². The highest BCUT2D eigenvalue weighted by molar-refractivity contribution is 8.00. The number of nitrogens with zero attached hydrogens (tertiary/aromatic N) is 2. The van der Waals surface area contributed by atoms with Gasteiger partial charge in [0.1, 0.15) is 31.4 Å². The molecule has 0 amide bonds. The van der Waals surface area contributed by atoms with Gasteiger partial charge in [0.15, 0.2) is 0 Å². The van der Waals surface area contributed by atoms with Gasteiger partial charge < -0.3 is 9.47 Å². The Morgan fingerprint density at radius 3 is 1.37 bits per heavy atom. The second-order valence-electron chi connectivity index (χ2n) is 36.0. The van der Waals surface area contributed by atoms with Gasteiger partial charge in [0.2, 0.25) is 6.71 Å². The normalized spacial score (nSPS) is 15.6. The number of hydrogen-bond acceptors (Lipinski definition) is 2. The highest BCUT2D eigenvalue weighted by Gasteiger charge is 2.44. The van der Waals surface area contributed by atoms with Crippen molar-refractivity contribution in [2.75, 3.05) is 4.90 Å². The van der Waals surface area contributed by atoms with Crippen LogP contribution in [0.5, 0.6) is 0 Å². The molecule has 2 fully saturated rings. The number of rotatable bonds is 8. The van der Waals surface area contributed by atoms with Crippen LogP contribution in [0.2, 0.25) is 0 Å². The Bertz CT molecular complexity index is 4950. The van der Waals surface area contributed by atoms with Crippen LogP contribution < -0.4 is 43.1 Å². The first-order valence-corrected chi connectivity index (χ1v) is 38.9. The summed E-state index contributed by atoms with van der Waals surface area (Å²) >= 11 is 1.99. The fourth-order valence-electron chi connectivity index (χ4n) is 17.5. The lowest BCUT2D eigenvalue weighted by atomic mass is 9.34. The molecule has 2 aliphatic heterocycles. The van der Waals surface area contributed by atoms with Crippen LogP contribution in [0.25, 0.3) is 72.0 Å². The Balaban J connectivity index is 1.09. The average molecular weight is 1320 g/mol. The lowest BCUT2D eigenvalue weighted by Gasteiger charge is -2.42. The molecule has 11 aromatic rings. The first-order valence-electron chi connectivity index (χ1n) is 38.0. The van der Waals surface area contributed by atoms with Crippen molar-refractivity contribution >= 4 is 127 Å². The minimum Gasteiger partial charge on any atom is -0.310 e. The summed E-state index contributed by atoms with van der Waals surface area (Å²) in [7, 11) is 9.47. The number of aromatic nitrogens is 1. The van der Waals surface area contributed by atoms with Crippen LogP contribution in [0, 0.1) is 0 Å². The van der Waals surface area contributed by atoms with E-state index in [0.29, 0.717) is 11.8 Å². The maximum Gasteiger partial charge on any atom is 0.249 e. The van der Waals surface area contributed by atoms with Crippen molar-refractivity contribution in [3.8, 4) is 50.2 Å². The maximum absolute atomic E-state index is 2.81. The van der Waals surface area contributed by atoms with Gasteiger partial charge in [-0.05, 0) is 184 Å². The Labute approximate surface area is 608 Å². The highest BCUT2D eigenvalue weighted by Crippen LogP contribution is 2.52. The summed E-state index contributed by atoms with van der Waals surface area (Å²) < 4.78 is 2.69. The van der Waals surface area contributed by atoms with Crippen LogP contribution in [0.4, 0.5) is 17.1 Å². The predicted octanol–water partition coefficient (Wildman–Crippen LogP) is 17.8. The zero-order chi connectivity index (χ0) is 70.4. The molecule has 0 saturated heterocycles. The minimum atomic E-state index is -0.108. The Kier molecular flexibility index (Phi) is 17.2. The van der Waals surface area contributed by atoms with Crippen molar-refractivity contribution in [1.82, 2.24) is 4.57 Å². The zero-order valence-electron chi connectivity index (χ0n) is 63.8. The summed E-state index contributed by atoms with van der Waals surface area (Å²) in [6.07, 6.45) is 12.9. The highest BCUT2D eigenvalue weighted by atomic mass is 32.2. The zero-order valence-corrected chi connectivity index (χ0v) is 64.6. The van der Waals surface area contributed by atoms with E-state index in [-0.39, 0.29) is 33.8 Å². The molecule has 4 aliphatic rings. The number of anilines is 3. The van der Waals surface area contributed by atoms with Gasteiger partial charge in [-0.15, -0.1) is 5.46 Å². The average Bonchev–Trinajstić information content (AvgIpc) is 1.28. The van der Waals surface area contributed by atoms with E-state index in [2.05, 4.69) is 315 Å². The Morgan fingerprint density at radius 2 is 0.860 bits per heavy atom. The van der Waals surface area contributed by atoms with Crippen molar-refractivity contribution in [3.05, 3.63) is 209 Å². The summed E-state index contributed by atoms with van der Waals surface area (Å²) in [5, 5.41) is 2.69. The molecule has 1 aromatic heterocycles. The molecule has 15 rings (SSSR count). The largest absolute Gasteiger partial charge is 0.310 e. The standard InChI is InChI=1S/C92H103B5N2S/c1-88(2,3)64-37-39-75-72(51-64)80-81(93)82(94)83(95)84(96)87(80)98(75)69-52-77-85-79(53-69)100-78-40-36-59(63-45-67(91(10,11)12)50-68(46-63)92(13,14)15)48-74(78)97(85)73-47-58(62-43-65(89(4,5)6)49-66(44-62)90(7,8)9)35-38-76(73)99(77)86-70(60-31-22-29-56(41-60)54-25-18-16-19-26-54)33-24-34-71(86)61-32-23-30-57(42-61)55-27-20-17-21-28-55/h22-24,29-55H,16-21,25-28,93-96H2,1-15H3. The quantitative estimate of drug-likeness (QED) is 0.140. The first-order chi connectivity index (χ1) is 47.4. The molecule has 3 heterocycles. The van der Waals surface area contributed by atoms with E-state index in [0.717, 1.165) is 0 Å². The number of fused-ring (bicyclic) bond motifs is 7. The van der Waals surface area contributed by atoms with Crippen LogP contribution in [0.3, 0.4) is 0 Å². The molecule has 0 radical (unpaired) electrons. The molecular weight excluding hydrogens is 1220 g/mol. The van der Waals surface area contributed by atoms with Crippen LogP contribution in [-0.4, -0.2) is 42.7 Å². The summed E-state index contributed by atoms with van der Waals surface area (Å²) in [6.45, 7) is 35.5. The molecular formula is C92H103B5N2S. The molecule has 502 valence electrons. The fourth-order valence-corrected chi connectivity index (χ4v) is 18.7. The molecule has 0 spiro atoms. The van der Waals surface area contributed by atoms with Crippen molar-refractivity contribution in [2.45, 2.75) is 217 Å². The molecule has 0 atom stereocenters. The second-order valence-corrected chi connectivity index (χ2v) is 37.1. The topological polar surface area (TPSA) is 8.17 Å². The minimum absolute atomic E-state index is 0.0283. The van der Waals surface area contributed by atoms with E-state index in [4.69, 9.17) is 0 Å². The van der Waals surface area contributed by atoms with E-state index in [1.54, 1.807) is 0 Å². The van der Waals surface area contributed by atoms with E-state index >= 15 is 0 Å². The number of benzene rings is 10. The van der Waals surface area contributed by atoms with Gasteiger partial charge in [-0.2, -0.15) is 0 Å². The van der Waals surface area contributed by atoms with Gasteiger partial charge in [0.25, 0.3) is 0 Å². The monoisotopic (exact) mass is 1320 g/mol. The molecule has 8 heteroatoms. The van der Waals surface area contributed by atoms with Gasteiger partial charge in [-0.3, -0.25) is 0 Å². The van der Waals surface area contributed by atoms with E-state index < -0.39 is 0 Å². The van der Waals surface area contributed by atoms with Crippen molar-refractivity contribution in [2.24, 2.45) is 0 Å². The SMILES string of the molecule is Bc1c(B)c(B)c2c(c1B)c1cc(C(C)(C)C)ccc1n2-c1cc2c3c(c1)N(c1c(-c4cccc(C5CCCCC5)c4)cccc1-c1cccc(C4CCCCC4)c1)c1ccc(-c4cc(C(C)(C)C)cc(C(C)(C)C)c4)cc1B3c1cc(-c3cc(C(C)(C)C)cc(C(C)(C)C)c3)ccc1S2. The molecule has 0 unspecified atom stereocenters. The molecule has 0 N–H and O–H groups in total. The summed E-state index contributed by atoms with van der Waals surface area (Å²) in [6, 6.07) is 69.9. The van der Waals surface area contributed by atoms with Crippen molar-refractivity contribution < 1.29 is 0 Å². The summed E-state index contributed by atoms with van der Waals surface area (Å²) in [5.74, 6) is 1.12. The third-order valence-electron chi connectivity index (χ3n) is 24.1. The summed E-state index contributed by atoms with van der Waals surface area (Å²) in [5.41, 5.74) is 36.8. The van der Waals surface area contributed by atoms with Crippen LogP contribution >= 0.6 is 11.8 Å². The smallest absolute Gasteiger partial charge is 0.249 e. The third-order valence-corrected chi connectivity index (χ3v) is 25.2. The number of hydrogen-bond donors (Lipinski definition) is 0.